The molecule has 0 aromatic heterocycles. The molecule has 6 rings (SSSR count). The van der Waals surface area contributed by atoms with Crippen LogP contribution in [0.2, 0.25) is 0 Å². The van der Waals surface area contributed by atoms with E-state index in [-0.39, 0.29) is 6.04 Å². The second-order valence-corrected chi connectivity index (χ2v) is 10.3. The quantitative estimate of drug-likeness (QED) is 0.332. The van der Waals surface area contributed by atoms with E-state index in [0.717, 1.165) is 64.2 Å². The maximum Gasteiger partial charge on any atom is 0.174 e. The van der Waals surface area contributed by atoms with Crippen molar-refractivity contribution in [2.45, 2.75) is 25.3 Å². The molecule has 0 bridgehead atoms. The van der Waals surface area contributed by atoms with E-state index in [0.29, 0.717) is 0 Å². The van der Waals surface area contributed by atoms with Crippen LogP contribution in [0.5, 0.6) is 17.2 Å². The first kappa shape index (κ1) is 24.4. The number of thioether (sulfide) groups is 1. The molecule has 2 aliphatic heterocycles. The van der Waals surface area contributed by atoms with Gasteiger partial charge in [0.2, 0.25) is 0 Å². The first-order chi connectivity index (χ1) is 18.7. The highest BCUT2D eigenvalue weighted by atomic mass is 32.2. The maximum atomic E-state index is 5.63. The number of hydrogen-bond donors (Lipinski definition) is 0. The first-order valence-corrected chi connectivity index (χ1v) is 13.7. The topological polar surface area (TPSA) is 43.3 Å². The molecule has 2 heterocycles. The van der Waals surface area contributed by atoms with Gasteiger partial charge in [-0.05, 0) is 84.0 Å². The van der Waals surface area contributed by atoms with Crippen molar-refractivity contribution in [3.05, 3.63) is 112 Å². The Labute approximate surface area is 228 Å². The Hall–Kier alpha value is -3.90. The number of rotatable bonds is 6. The first-order valence-electron chi connectivity index (χ1n) is 12.8. The molecule has 1 atom stereocenters. The van der Waals surface area contributed by atoms with Gasteiger partial charge in [0.25, 0.3) is 0 Å². The molecule has 0 saturated heterocycles. The van der Waals surface area contributed by atoms with Gasteiger partial charge in [-0.1, -0.05) is 48.2 Å². The van der Waals surface area contributed by atoms with Crippen LogP contribution in [0.25, 0.3) is 11.8 Å². The summed E-state index contributed by atoms with van der Waals surface area (Å²) in [6.45, 7) is 0. The number of nitrogens with zero attached hydrogens (tertiary/aromatic N) is 2. The SMILES string of the molecule is COc1cccc(/C=C2\CCCC3=C2N=C2SC=C(c4cccc(OC)c4)N2[C@H]3c2cccc(OC)c2)c1. The van der Waals surface area contributed by atoms with Gasteiger partial charge in [-0.25, -0.2) is 4.99 Å². The predicted octanol–water partition coefficient (Wildman–Crippen LogP) is 7.69. The molecule has 192 valence electrons. The van der Waals surface area contributed by atoms with Crippen LogP contribution in [0.4, 0.5) is 0 Å². The summed E-state index contributed by atoms with van der Waals surface area (Å²) in [5.41, 5.74) is 8.31. The number of benzene rings is 3. The second kappa shape index (κ2) is 10.5. The van der Waals surface area contributed by atoms with Crippen LogP contribution in [0.3, 0.4) is 0 Å². The molecule has 5 nitrogen and oxygen atoms in total. The predicted molar refractivity (Wildman–Crippen MR) is 155 cm³/mol. The summed E-state index contributed by atoms with van der Waals surface area (Å²) in [6, 6.07) is 24.9. The summed E-state index contributed by atoms with van der Waals surface area (Å²) in [7, 11) is 5.14. The van der Waals surface area contributed by atoms with Crippen LogP contribution >= 0.6 is 11.8 Å². The van der Waals surface area contributed by atoms with Crippen molar-refractivity contribution in [3.63, 3.8) is 0 Å². The fourth-order valence-electron chi connectivity index (χ4n) is 5.45. The normalized spacial score (nSPS) is 19.5. The van der Waals surface area contributed by atoms with Crippen molar-refractivity contribution in [3.8, 4) is 17.2 Å². The van der Waals surface area contributed by atoms with Crippen LogP contribution in [0, 0.1) is 0 Å². The summed E-state index contributed by atoms with van der Waals surface area (Å²) in [6.07, 6.45) is 5.35. The van der Waals surface area contributed by atoms with E-state index in [2.05, 4.69) is 58.8 Å². The molecule has 3 aromatic rings. The van der Waals surface area contributed by atoms with Gasteiger partial charge in [0, 0.05) is 11.0 Å². The lowest BCUT2D eigenvalue weighted by molar-refractivity contribution is 0.410. The van der Waals surface area contributed by atoms with Gasteiger partial charge in [-0.15, -0.1) is 0 Å². The average Bonchev–Trinajstić information content (AvgIpc) is 3.40. The number of amidine groups is 1. The molecule has 0 radical (unpaired) electrons. The number of fused-ring (bicyclic) bond motifs is 1. The summed E-state index contributed by atoms with van der Waals surface area (Å²) in [5.74, 6) is 2.56. The number of ether oxygens (including phenoxy) is 3. The maximum absolute atomic E-state index is 5.63. The highest BCUT2D eigenvalue weighted by molar-refractivity contribution is 8.16. The Balaban J connectivity index is 1.49. The van der Waals surface area contributed by atoms with Gasteiger partial charge in [0.05, 0.1) is 38.8 Å². The van der Waals surface area contributed by atoms with E-state index in [1.54, 1.807) is 33.1 Å². The number of methoxy groups -OCH3 is 3. The van der Waals surface area contributed by atoms with Crippen molar-refractivity contribution in [2.75, 3.05) is 21.3 Å². The highest BCUT2D eigenvalue weighted by Gasteiger charge is 2.40. The Kier molecular flexibility index (Phi) is 6.73. The smallest absolute Gasteiger partial charge is 0.174 e. The number of allylic oxidation sites excluding steroid dienone is 1. The lowest BCUT2D eigenvalue weighted by Crippen LogP contribution is -2.34. The monoisotopic (exact) mass is 522 g/mol. The van der Waals surface area contributed by atoms with Crippen LogP contribution in [0.15, 0.2) is 100 Å². The minimum atomic E-state index is 0.0223. The summed E-state index contributed by atoms with van der Waals surface area (Å²) >= 11 is 1.68. The Morgan fingerprint density at radius 3 is 2.34 bits per heavy atom. The molecule has 0 spiro atoms. The molecule has 1 aliphatic carbocycles. The van der Waals surface area contributed by atoms with E-state index in [4.69, 9.17) is 19.2 Å². The van der Waals surface area contributed by atoms with Gasteiger partial charge >= 0.3 is 0 Å². The second-order valence-electron chi connectivity index (χ2n) is 9.47. The summed E-state index contributed by atoms with van der Waals surface area (Å²) < 4.78 is 16.6. The third-order valence-corrected chi connectivity index (χ3v) is 8.09. The summed E-state index contributed by atoms with van der Waals surface area (Å²) in [5, 5.41) is 3.21. The standard InChI is InChI=1S/C32H30N2O3S/c1-35-25-12-4-8-21(17-25)16-23-10-7-15-28-30(23)33-32-34(31(28)24-11-6-14-27(19-24)37-3)29(20-38-32)22-9-5-13-26(18-22)36-2/h4-6,8-9,11-14,16-20,31H,7,10,15H2,1-3H3/b23-16+/t31-/m0/s1. The lowest BCUT2D eigenvalue weighted by Gasteiger charge is -2.40. The molecular formula is C32H30N2O3S. The Morgan fingerprint density at radius 2 is 1.55 bits per heavy atom. The summed E-state index contributed by atoms with van der Waals surface area (Å²) in [4.78, 5) is 7.68. The molecule has 0 saturated carbocycles. The number of aliphatic imine (C=N–C) groups is 1. The van der Waals surface area contributed by atoms with Gasteiger partial charge in [-0.2, -0.15) is 0 Å². The van der Waals surface area contributed by atoms with Crippen molar-refractivity contribution in [1.82, 2.24) is 4.90 Å². The minimum Gasteiger partial charge on any atom is -0.497 e. The average molecular weight is 523 g/mol. The molecule has 0 N–H and O–H groups in total. The fraction of sp³-hybridized carbons (Fsp3) is 0.219. The van der Waals surface area contributed by atoms with E-state index in [9.17, 15) is 0 Å². The van der Waals surface area contributed by atoms with Crippen LogP contribution in [-0.4, -0.2) is 31.4 Å². The zero-order valence-corrected chi connectivity index (χ0v) is 22.6. The molecule has 0 unspecified atom stereocenters. The van der Waals surface area contributed by atoms with Crippen molar-refractivity contribution in [2.24, 2.45) is 4.99 Å². The lowest BCUT2D eigenvalue weighted by atomic mass is 9.82. The van der Waals surface area contributed by atoms with Crippen molar-refractivity contribution >= 4 is 28.7 Å². The van der Waals surface area contributed by atoms with Gasteiger partial charge in [0.15, 0.2) is 5.17 Å². The highest BCUT2D eigenvalue weighted by Crippen LogP contribution is 2.51. The van der Waals surface area contributed by atoms with E-state index in [1.165, 1.54) is 16.7 Å². The molecule has 3 aliphatic rings. The molecule has 6 heteroatoms. The van der Waals surface area contributed by atoms with Crippen LogP contribution in [0.1, 0.15) is 42.0 Å². The largest absolute Gasteiger partial charge is 0.497 e. The van der Waals surface area contributed by atoms with Crippen molar-refractivity contribution < 1.29 is 14.2 Å². The molecule has 0 fully saturated rings. The van der Waals surface area contributed by atoms with E-state index >= 15 is 0 Å². The molecule has 0 amide bonds. The van der Waals surface area contributed by atoms with Crippen LogP contribution < -0.4 is 14.2 Å². The number of hydrogen-bond acceptors (Lipinski definition) is 6. The van der Waals surface area contributed by atoms with Crippen LogP contribution in [-0.2, 0) is 0 Å². The third kappa shape index (κ3) is 4.50. The molecule has 3 aromatic carbocycles. The minimum absolute atomic E-state index is 0.0223. The zero-order valence-electron chi connectivity index (χ0n) is 21.8. The Morgan fingerprint density at radius 1 is 0.842 bits per heavy atom. The van der Waals surface area contributed by atoms with E-state index in [1.807, 2.05) is 30.3 Å². The van der Waals surface area contributed by atoms with E-state index < -0.39 is 0 Å². The zero-order chi connectivity index (χ0) is 26.1. The van der Waals surface area contributed by atoms with Gasteiger partial charge < -0.3 is 19.1 Å². The van der Waals surface area contributed by atoms with Gasteiger partial charge in [0.1, 0.15) is 17.2 Å². The molecule has 38 heavy (non-hydrogen) atoms. The fourth-order valence-corrected chi connectivity index (χ4v) is 6.38. The Bertz CT molecular complexity index is 1500. The molecular weight excluding hydrogens is 492 g/mol. The van der Waals surface area contributed by atoms with Crippen molar-refractivity contribution in [1.29, 1.82) is 0 Å². The third-order valence-electron chi connectivity index (χ3n) is 7.25. The van der Waals surface area contributed by atoms with Gasteiger partial charge in [-0.3, -0.25) is 0 Å².